The Hall–Kier alpha value is -2.45. The number of hydrogen-bond acceptors (Lipinski definition) is 20. The zero-order valence-corrected chi connectivity index (χ0v) is 29.7. The molecule has 0 aromatic heterocycles. The van der Waals surface area contributed by atoms with Gasteiger partial charge in [0.15, 0.2) is 12.6 Å². The quantitative estimate of drug-likeness (QED) is 0.0697. The molecule has 4 aliphatic rings. The van der Waals surface area contributed by atoms with E-state index in [0.717, 1.165) is 0 Å². The second-order valence-electron chi connectivity index (χ2n) is 13.7. The Morgan fingerprint density at radius 3 is 1.76 bits per heavy atom. The van der Waals surface area contributed by atoms with Crippen molar-refractivity contribution in [1.82, 2.24) is 5.32 Å². The van der Waals surface area contributed by atoms with Crippen molar-refractivity contribution in [2.45, 2.75) is 137 Å². The largest absolute Gasteiger partial charge is 0.465 e. The predicted molar refractivity (Wildman–Crippen MR) is 177 cm³/mol. The third-order valence-electron chi connectivity index (χ3n) is 10.2. The summed E-state index contributed by atoms with van der Waals surface area (Å²) in [5, 5.41) is 120. The van der Waals surface area contributed by atoms with Crippen LogP contribution in [0.1, 0.15) is 30.6 Å². The summed E-state index contributed by atoms with van der Waals surface area (Å²) in [5.41, 5.74) is 0.680. The van der Waals surface area contributed by atoms with Gasteiger partial charge in [-0.05, 0) is 43.2 Å². The molecular formula is C34H51NO19. The topological polar surface area (TPSA) is 316 Å². The van der Waals surface area contributed by atoms with Crippen LogP contribution in [0.15, 0.2) is 35.9 Å². The van der Waals surface area contributed by atoms with Gasteiger partial charge in [0, 0.05) is 0 Å². The highest BCUT2D eigenvalue weighted by atomic mass is 16.8. The van der Waals surface area contributed by atoms with Crippen LogP contribution in [-0.2, 0) is 28.4 Å². The third kappa shape index (κ3) is 8.75. The molecule has 19 unspecified atom stereocenters. The number of esters is 1. The van der Waals surface area contributed by atoms with E-state index in [2.05, 4.69) is 10.1 Å². The summed E-state index contributed by atoms with van der Waals surface area (Å²) < 4.78 is 38.9. The van der Waals surface area contributed by atoms with Crippen molar-refractivity contribution >= 4 is 5.97 Å². The molecule has 0 spiro atoms. The Morgan fingerprint density at radius 1 is 0.704 bits per heavy atom. The van der Waals surface area contributed by atoms with Crippen LogP contribution < -0.4 is 10.1 Å². The monoisotopic (exact) mass is 777 g/mol. The molecule has 306 valence electrons. The fourth-order valence-electron chi connectivity index (χ4n) is 7.00. The first kappa shape index (κ1) is 42.7. The summed E-state index contributed by atoms with van der Waals surface area (Å²) in [6.45, 7) is 1.66. The van der Waals surface area contributed by atoms with Gasteiger partial charge in [-0.25, -0.2) is 4.79 Å². The van der Waals surface area contributed by atoms with Crippen LogP contribution in [0, 0.1) is 0 Å². The maximum atomic E-state index is 11.7. The van der Waals surface area contributed by atoms with Crippen molar-refractivity contribution in [3.8, 4) is 5.75 Å². The standard InChI is InChI=1S/C34H51NO19/c1-4-13-9-16(21(39)23(41)20(13)38)35-19-12(2)49-32(26(44)22(19)40)53-29-18(11-37)52-34(28(46)25(29)43)54-30-17(10-36)51-33(27(45)24(30)42)50-15-7-5-14(6-8-15)31(47)48-3/h5-9,12,16-30,32-46H,4,10-11H2,1-3H3. The van der Waals surface area contributed by atoms with Crippen LogP contribution >= 0.6 is 0 Å². The zero-order chi connectivity index (χ0) is 39.6. The van der Waals surface area contributed by atoms with E-state index in [4.69, 9.17) is 28.4 Å². The average molecular weight is 778 g/mol. The van der Waals surface area contributed by atoms with E-state index in [-0.39, 0.29) is 11.3 Å². The van der Waals surface area contributed by atoms with Crippen LogP contribution in [0.4, 0.5) is 0 Å². The SMILES string of the molecule is CCC1=CC(NC2C(C)OC(OC3C(CO)OC(OC4C(CO)OC(Oc5ccc(C(=O)OC)cc5)C(O)C4O)C(O)C3O)C(O)C2O)C(O)C(O)C1O. The molecule has 3 aliphatic heterocycles. The van der Waals surface area contributed by atoms with Gasteiger partial charge in [-0.1, -0.05) is 13.0 Å². The Bertz CT molecular complexity index is 1400. The van der Waals surface area contributed by atoms with Crippen LogP contribution in [0.2, 0.25) is 0 Å². The van der Waals surface area contributed by atoms with Gasteiger partial charge in [0.1, 0.15) is 85.1 Å². The summed E-state index contributed by atoms with van der Waals surface area (Å²) in [6, 6.07) is 3.61. The van der Waals surface area contributed by atoms with E-state index in [1.54, 1.807) is 6.92 Å². The maximum absolute atomic E-state index is 11.7. The Kier molecular flexibility index (Phi) is 14.4. The Labute approximate surface area is 309 Å². The van der Waals surface area contributed by atoms with Crippen molar-refractivity contribution in [2.75, 3.05) is 20.3 Å². The lowest BCUT2D eigenvalue weighted by molar-refractivity contribution is -0.372. The molecule has 0 amide bonds. The lowest BCUT2D eigenvalue weighted by atomic mass is 9.85. The molecule has 3 fully saturated rings. The van der Waals surface area contributed by atoms with Gasteiger partial charge in [-0.3, -0.25) is 0 Å². The number of carbonyl (C=O) groups is 1. The number of aliphatic hydroxyl groups excluding tert-OH is 11. The molecular weight excluding hydrogens is 726 g/mol. The number of hydrogen-bond donors (Lipinski definition) is 12. The lowest BCUT2D eigenvalue weighted by Gasteiger charge is -2.48. The molecule has 0 radical (unpaired) electrons. The van der Waals surface area contributed by atoms with Crippen molar-refractivity contribution in [2.24, 2.45) is 0 Å². The van der Waals surface area contributed by atoms with Crippen molar-refractivity contribution < 1.29 is 94.1 Å². The summed E-state index contributed by atoms with van der Waals surface area (Å²) in [7, 11) is 1.22. The minimum atomic E-state index is -1.95. The van der Waals surface area contributed by atoms with Crippen molar-refractivity contribution in [3.05, 3.63) is 41.5 Å². The molecule has 1 aliphatic carbocycles. The van der Waals surface area contributed by atoms with E-state index in [9.17, 15) is 61.0 Å². The maximum Gasteiger partial charge on any atom is 0.337 e. The summed E-state index contributed by atoms with van der Waals surface area (Å²) in [6.07, 6.45) is -25.1. The first-order valence-corrected chi connectivity index (χ1v) is 17.6. The van der Waals surface area contributed by atoms with Crippen LogP contribution in [-0.4, -0.2) is 199 Å². The average Bonchev–Trinajstić information content (AvgIpc) is 3.17. The number of benzene rings is 1. The molecule has 19 atom stereocenters. The Balaban J connectivity index is 1.21. The van der Waals surface area contributed by atoms with Gasteiger partial charge >= 0.3 is 5.97 Å². The molecule has 0 bridgehead atoms. The van der Waals surface area contributed by atoms with Gasteiger partial charge in [0.05, 0.1) is 44.1 Å². The number of nitrogens with one attached hydrogen (secondary N) is 1. The molecule has 0 saturated carbocycles. The van der Waals surface area contributed by atoms with E-state index in [1.807, 2.05) is 0 Å². The molecule has 3 heterocycles. The molecule has 20 nitrogen and oxygen atoms in total. The molecule has 1 aromatic rings. The number of methoxy groups -OCH3 is 1. The molecule has 20 heteroatoms. The first-order valence-electron chi connectivity index (χ1n) is 17.6. The van der Waals surface area contributed by atoms with E-state index in [1.165, 1.54) is 44.4 Å². The van der Waals surface area contributed by atoms with Crippen LogP contribution in [0.25, 0.3) is 0 Å². The number of aliphatic hydroxyl groups is 11. The molecule has 54 heavy (non-hydrogen) atoms. The second-order valence-corrected chi connectivity index (χ2v) is 13.7. The fraction of sp³-hybridized carbons (Fsp3) is 0.735. The zero-order valence-electron chi connectivity index (χ0n) is 29.7. The number of rotatable bonds is 12. The second kappa shape index (κ2) is 18.2. The molecule has 3 saturated heterocycles. The summed E-state index contributed by atoms with van der Waals surface area (Å²) in [4.78, 5) is 11.7. The molecule has 1 aromatic carbocycles. The normalized spacial score (nSPS) is 44.3. The number of carbonyl (C=O) groups excluding carboxylic acids is 1. The summed E-state index contributed by atoms with van der Waals surface area (Å²) in [5.74, 6) is -0.460. The fourth-order valence-corrected chi connectivity index (χ4v) is 7.00. The van der Waals surface area contributed by atoms with Crippen LogP contribution in [0.5, 0.6) is 5.75 Å². The lowest BCUT2D eigenvalue weighted by Crippen LogP contribution is -2.68. The van der Waals surface area contributed by atoms with Crippen LogP contribution in [0.3, 0.4) is 0 Å². The van der Waals surface area contributed by atoms with Crippen molar-refractivity contribution in [3.63, 3.8) is 0 Å². The summed E-state index contributed by atoms with van der Waals surface area (Å²) >= 11 is 0. The minimum absolute atomic E-state index is 0.132. The van der Waals surface area contributed by atoms with Gasteiger partial charge in [0.2, 0.25) is 6.29 Å². The highest BCUT2D eigenvalue weighted by molar-refractivity contribution is 5.89. The van der Waals surface area contributed by atoms with Gasteiger partial charge in [-0.2, -0.15) is 0 Å². The smallest absolute Gasteiger partial charge is 0.337 e. The highest BCUT2D eigenvalue weighted by Crippen LogP contribution is 2.34. The van der Waals surface area contributed by atoms with E-state index < -0.39 is 136 Å². The molecule has 5 rings (SSSR count). The van der Waals surface area contributed by atoms with Gasteiger partial charge < -0.3 is 94.6 Å². The Morgan fingerprint density at radius 2 is 1.22 bits per heavy atom. The first-order chi connectivity index (χ1) is 25.6. The highest BCUT2D eigenvalue weighted by Gasteiger charge is 2.54. The minimum Gasteiger partial charge on any atom is -0.465 e. The van der Waals surface area contributed by atoms with Crippen molar-refractivity contribution in [1.29, 1.82) is 0 Å². The predicted octanol–water partition coefficient (Wildman–Crippen LogP) is -5.27. The van der Waals surface area contributed by atoms with E-state index in [0.29, 0.717) is 12.0 Å². The molecule has 12 N–H and O–H groups in total. The number of ether oxygens (including phenoxy) is 7. The van der Waals surface area contributed by atoms with E-state index >= 15 is 0 Å². The third-order valence-corrected chi connectivity index (χ3v) is 10.2. The van der Waals surface area contributed by atoms with Gasteiger partial charge in [-0.15, -0.1) is 0 Å². The van der Waals surface area contributed by atoms with Gasteiger partial charge in [0.25, 0.3) is 0 Å².